The molecular weight excluding hydrogens is 350 g/mol. The fraction of sp³-hybridized carbons (Fsp3) is 0.550. The number of hydrogen-bond acceptors (Lipinski definition) is 4. The van der Waals surface area contributed by atoms with Crippen molar-refractivity contribution in [2.75, 3.05) is 0 Å². The highest BCUT2D eigenvalue weighted by Crippen LogP contribution is 2.50. The SMILES string of the molecule is O=C([O-])CCC/C=C\C[C@@H]1C(NS(=O)Oc2ccccc2)[C@H]2CC[C@@H]1C2. The predicted octanol–water partition coefficient (Wildman–Crippen LogP) is 2.51. The van der Waals surface area contributed by atoms with Gasteiger partial charge in [0.25, 0.3) is 11.3 Å². The highest BCUT2D eigenvalue weighted by molar-refractivity contribution is 7.78. The number of carboxylic acids is 1. The Morgan fingerprint density at radius 2 is 2.00 bits per heavy atom. The molecule has 2 bridgehead atoms. The Hall–Kier alpha value is -1.66. The number of carbonyl (C=O) groups is 1. The quantitative estimate of drug-likeness (QED) is 0.503. The molecular formula is C20H26NO4S-. The number of nitrogens with one attached hydrogen (secondary N) is 1. The Morgan fingerprint density at radius 3 is 2.77 bits per heavy atom. The van der Waals surface area contributed by atoms with Gasteiger partial charge in [0, 0.05) is 12.0 Å². The number of benzene rings is 1. The normalized spacial score (nSPS) is 28.5. The van der Waals surface area contributed by atoms with E-state index in [0.29, 0.717) is 29.9 Å². The minimum absolute atomic E-state index is 0.110. The van der Waals surface area contributed by atoms with Crippen LogP contribution in [0, 0.1) is 17.8 Å². The molecule has 3 rings (SSSR count). The largest absolute Gasteiger partial charge is 0.550 e. The summed E-state index contributed by atoms with van der Waals surface area (Å²) in [7, 11) is 0. The molecule has 5 nitrogen and oxygen atoms in total. The van der Waals surface area contributed by atoms with Crippen molar-refractivity contribution in [3.63, 3.8) is 0 Å². The minimum atomic E-state index is -1.55. The summed E-state index contributed by atoms with van der Waals surface area (Å²) < 4.78 is 21.1. The molecule has 1 aromatic rings. The summed E-state index contributed by atoms with van der Waals surface area (Å²) in [5.41, 5.74) is 0. The van der Waals surface area contributed by atoms with Gasteiger partial charge in [-0.3, -0.25) is 0 Å². The molecule has 5 atom stereocenters. The summed E-state index contributed by atoms with van der Waals surface area (Å²) in [5.74, 6) is 1.33. The Balaban J connectivity index is 1.49. The molecule has 2 aliphatic rings. The highest BCUT2D eigenvalue weighted by atomic mass is 32.2. The maximum Gasteiger partial charge on any atom is 0.288 e. The number of carbonyl (C=O) groups excluding carboxylic acids is 1. The standard InChI is InChI=1S/C20H27NO4S/c22-19(23)11-7-2-1-6-10-18-15-12-13-16(14-15)20(18)21-26(24)25-17-8-4-3-5-9-17/h1,3-6,8-9,15-16,18,20-21H,2,7,10-14H2,(H,22,23)/p-1/b6-1-/t15-,16+,18+,20?,26?/m1/s1. The van der Waals surface area contributed by atoms with Crippen LogP contribution in [0.2, 0.25) is 0 Å². The third-order valence-electron chi connectivity index (χ3n) is 5.56. The molecule has 2 aliphatic carbocycles. The first-order valence-electron chi connectivity index (χ1n) is 9.39. The molecule has 0 amide bonds. The van der Waals surface area contributed by atoms with Crippen molar-refractivity contribution in [2.24, 2.45) is 17.8 Å². The van der Waals surface area contributed by atoms with Gasteiger partial charge in [0.15, 0.2) is 0 Å². The Bertz CT molecular complexity index is 648. The molecule has 0 spiro atoms. The summed E-state index contributed by atoms with van der Waals surface area (Å²) >= 11 is -1.55. The topological polar surface area (TPSA) is 78.5 Å². The molecule has 2 unspecified atom stereocenters. The third-order valence-corrected chi connectivity index (χ3v) is 6.37. The first kappa shape index (κ1) is 19.1. The summed E-state index contributed by atoms with van der Waals surface area (Å²) in [6.45, 7) is 0. The lowest BCUT2D eigenvalue weighted by atomic mass is 9.83. The maximum atomic E-state index is 12.4. The number of hydrogen-bond donors (Lipinski definition) is 1. The van der Waals surface area contributed by atoms with E-state index in [4.69, 9.17) is 4.18 Å². The third kappa shape index (κ3) is 5.17. The van der Waals surface area contributed by atoms with E-state index in [1.807, 2.05) is 18.2 Å². The number of unbranched alkanes of at least 4 members (excludes halogenated alkanes) is 1. The number of rotatable bonds is 10. The lowest BCUT2D eigenvalue weighted by Gasteiger charge is -2.30. The van der Waals surface area contributed by atoms with E-state index in [-0.39, 0.29) is 12.5 Å². The van der Waals surface area contributed by atoms with Gasteiger partial charge in [0.05, 0.1) is 0 Å². The van der Waals surface area contributed by atoms with Crippen LogP contribution in [0.5, 0.6) is 5.75 Å². The number of carboxylic acid groups (broad SMARTS) is 1. The number of aliphatic carboxylic acids is 1. The highest BCUT2D eigenvalue weighted by Gasteiger charge is 2.47. The average Bonchev–Trinajstić information content (AvgIpc) is 3.21. The van der Waals surface area contributed by atoms with E-state index in [0.717, 1.165) is 12.8 Å². The number of allylic oxidation sites excluding steroid dienone is 2. The molecule has 0 aromatic heterocycles. The molecule has 26 heavy (non-hydrogen) atoms. The second kappa shape index (κ2) is 9.33. The minimum Gasteiger partial charge on any atom is -0.550 e. The lowest BCUT2D eigenvalue weighted by molar-refractivity contribution is -0.305. The van der Waals surface area contributed by atoms with Crippen molar-refractivity contribution in [3.05, 3.63) is 42.5 Å². The van der Waals surface area contributed by atoms with Crippen LogP contribution < -0.4 is 14.0 Å². The second-order valence-electron chi connectivity index (χ2n) is 7.24. The van der Waals surface area contributed by atoms with E-state index in [1.54, 1.807) is 12.1 Å². The van der Waals surface area contributed by atoms with E-state index < -0.39 is 17.2 Å². The van der Waals surface area contributed by atoms with Crippen LogP contribution in [-0.4, -0.2) is 16.2 Å². The average molecular weight is 376 g/mol. The summed E-state index contributed by atoms with van der Waals surface area (Å²) in [4.78, 5) is 10.4. The molecule has 142 valence electrons. The number of para-hydroxylation sites is 1. The molecule has 0 saturated heterocycles. The van der Waals surface area contributed by atoms with Gasteiger partial charge in [-0.15, -0.1) is 0 Å². The van der Waals surface area contributed by atoms with E-state index >= 15 is 0 Å². The summed E-state index contributed by atoms with van der Waals surface area (Å²) in [6.07, 6.45) is 10.3. The summed E-state index contributed by atoms with van der Waals surface area (Å²) in [5, 5.41) is 10.4. The molecule has 0 aliphatic heterocycles. The van der Waals surface area contributed by atoms with Gasteiger partial charge in [-0.2, -0.15) is 4.21 Å². The van der Waals surface area contributed by atoms with E-state index in [9.17, 15) is 14.1 Å². The van der Waals surface area contributed by atoms with Crippen molar-refractivity contribution in [3.8, 4) is 5.75 Å². The summed E-state index contributed by atoms with van der Waals surface area (Å²) in [6, 6.07) is 9.43. The predicted molar refractivity (Wildman–Crippen MR) is 99.1 cm³/mol. The van der Waals surface area contributed by atoms with E-state index in [1.165, 1.54) is 19.3 Å². The van der Waals surface area contributed by atoms with Crippen LogP contribution in [-0.2, 0) is 16.1 Å². The first-order chi connectivity index (χ1) is 12.6. The van der Waals surface area contributed by atoms with Crippen LogP contribution in [0.3, 0.4) is 0 Å². The van der Waals surface area contributed by atoms with Gasteiger partial charge in [-0.25, -0.2) is 4.72 Å². The number of fused-ring (bicyclic) bond motifs is 2. The molecule has 0 heterocycles. The zero-order valence-electron chi connectivity index (χ0n) is 14.8. The fourth-order valence-electron chi connectivity index (χ4n) is 4.37. The molecule has 2 saturated carbocycles. The van der Waals surface area contributed by atoms with Gasteiger partial charge in [-0.05, 0) is 74.8 Å². The molecule has 0 radical (unpaired) electrons. The van der Waals surface area contributed by atoms with Crippen LogP contribution in [0.15, 0.2) is 42.5 Å². The van der Waals surface area contributed by atoms with Crippen molar-refractivity contribution in [2.45, 2.75) is 51.0 Å². The van der Waals surface area contributed by atoms with E-state index in [2.05, 4.69) is 16.9 Å². The van der Waals surface area contributed by atoms with Crippen LogP contribution >= 0.6 is 0 Å². The van der Waals surface area contributed by atoms with Crippen molar-refractivity contribution in [1.29, 1.82) is 0 Å². The van der Waals surface area contributed by atoms with Crippen molar-refractivity contribution < 1.29 is 18.3 Å². The van der Waals surface area contributed by atoms with Crippen molar-refractivity contribution >= 4 is 17.2 Å². The van der Waals surface area contributed by atoms with Gasteiger partial charge in [0.2, 0.25) is 0 Å². The Labute approximate surface area is 157 Å². The zero-order valence-corrected chi connectivity index (χ0v) is 15.7. The van der Waals surface area contributed by atoms with Crippen molar-refractivity contribution in [1.82, 2.24) is 4.72 Å². The molecule has 2 fully saturated rings. The van der Waals surface area contributed by atoms with Gasteiger partial charge < -0.3 is 14.1 Å². The van der Waals surface area contributed by atoms with Gasteiger partial charge >= 0.3 is 0 Å². The second-order valence-corrected chi connectivity index (χ2v) is 8.11. The lowest BCUT2D eigenvalue weighted by Crippen LogP contribution is -2.42. The van der Waals surface area contributed by atoms with Crippen LogP contribution in [0.1, 0.15) is 44.9 Å². The first-order valence-corrected chi connectivity index (χ1v) is 10.5. The van der Waals surface area contributed by atoms with Gasteiger partial charge in [0.1, 0.15) is 5.75 Å². The fourth-order valence-corrected chi connectivity index (χ4v) is 5.29. The zero-order chi connectivity index (χ0) is 18.4. The van der Waals surface area contributed by atoms with Gasteiger partial charge in [-0.1, -0.05) is 30.4 Å². The maximum absolute atomic E-state index is 12.4. The van der Waals surface area contributed by atoms with Crippen LogP contribution in [0.25, 0.3) is 0 Å². The Kier molecular flexibility index (Phi) is 6.86. The smallest absolute Gasteiger partial charge is 0.288 e. The Morgan fingerprint density at radius 1 is 1.23 bits per heavy atom. The molecule has 6 heteroatoms. The van der Waals surface area contributed by atoms with Crippen LogP contribution in [0.4, 0.5) is 0 Å². The monoisotopic (exact) mass is 376 g/mol. The molecule has 1 aromatic carbocycles. The molecule has 1 N–H and O–H groups in total.